The van der Waals surface area contributed by atoms with Crippen molar-refractivity contribution < 1.29 is 14.0 Å². The summed E-state index contributed by atoms with van der Waals surface area (Å²) in [7, 11) is 0. The van der Waals surface area contributed by atoms with Gasteiger partial charge in [-0.3, -0.25) is 13.9 Å². The molecule has 5 rings (SSSR count). The van der Waals surface area contributed by atoms with Crippen LogP contribution in [0.3, 0.4) is 0 Å². The average molecular weight is 470 g/mol. The van der Waals surface area contributed by atoms with E-state index in [1.54, 1.807) is 29.3 Å². The summed E-state index contributed by atoms with van der Waals surface area (Å²) in [6.07, 6.45) is 8.09. The third kappa shape index (κ3) is 3.80. The fourth-order valence-corrected chi connectivity index (χ4v) is 5.36. The number of carbonyl (C=O) groups excluding carboxylic acids is 2. The predicted molar refractivity (Wildman–Crippen MR) is 123 cm³/mol. The van der Waals surface area contributed by atoms with Crippen molar-refractivity contribution in [1.29, 1.82) is 0 Å². The molecule has 0 spiro atoms. The van der Waals surface area contributed by atoms with Gasteiger partial charge in [0.25, 0.3) is 11.8 Å². The number of likely N-dealkylation sites (tertiary alicyclic amines) is 1. The molecule has 0 bridgehead atoms. The predicted octanol–water partition coefficient (Wildman–Crippen LogP) is 3.35. The minimum absolute atomic E-state index is 0.0876. The van der Waals surface area contributed by atoms with Gasteiger partial charge in [0.1, 0.15) is 11.5 Å². The van der Waals surface area contributed by atoms with Crippen LogP contribution in [0, 0.1) is 12.7 Å². The molecule has 0 radical (unpaired) electrons. The van der Waals surface area contributed by atoms with Gasteiger partial charge < -0.3 is 14.9 Å². The van der Waals surface area contributed by atoms with Crippen molar-refractivity contribution >= 4 is 35.3 Å². The first-order chi connectivity index (χ1) is 15.5. The summed E-state index contributed by atoms with van der Waals surface area (Å²) in [5.74, 6) is -0.661. The molecule has 1 saturated heterocycles. The highest BCUT2D eigenvalue weighted by Crippen LogP contribution is 2.33. The number of amides is 2. The van der Waals surface area contributed by atoms with E-state index in [1.165, 1.54) is 35.6 Å². The van der Waals surface area contributed by atoms with Crippen LogP contribution in [0.15, 0.2) is 60.1 Å². The van der Waals surface area contributed by atoms with Crippen LogP contribution < -0.4 is 10.0 Å². The molecule has 2 amide bonds. The molecule has 4 heterocycles. The van der Waals surface area contributed by atoms with Crippen LogP contribution >= 0.6 is 23.5 Å². The van der Waals surface area contributed by atoms with E-state index in [-0.39, 0.29) is 23.7 Å². The van der Waals surface area contributed by atoms with Gasteiger partial charge in [-0.1, -0.05) is 12.1 Å². The molecule has 1 aromatic heterocycles. The van der Waals surface area contributed by atoms with Crippen LogP contribution in [-0.2, 0) is 4.79 Å². The Morgan fingerprint density at radius 3 is 2.88 bits per heavy atom. The molecule has 1 atom stereocenters. The number of thiazole rings is 1. The second-order valence-corrected chi connectivity index (χ2v) is 9.57. The van der Waals surface area contributed by atoms with E-state index in [2.05, 4.69) is 15.0 Å². The van der Waals surface area contributed by atoms with E-state index in [4.69, 9.17) is 0 Å². The number of aromatic nitrogens is 1. The third-order valence-corrected chi connectivity index (χ3v) is 7.29. The lowest BCUT2D eigenvalue weighted by Gasteiger charge is -2.41. The zero-order chi connectivity index (χ0) is 22.2. The van der Waals surface area contributed by atoms with Crippen LogP contribution in [-0.4, -0.2) is 45.1 Å². The van der Waals surface area contributed by atoms with E-state index in [0.717, 1.165) is 27.6 Å². The lowest BCUT2D eigenvalue weighted by Crippen LogP contribution is -2.56. The Balaban J connectivity index is 1.27. The number of hydrogen-bond donors (Lipinski definition) is 2. The second-order valence-electron chi connectivity index (χ2n) is 7.55. The standard InChI is InChI=1S/C22H20FN5O2S2/c1-13-26-19(20(31-13)14-4-6-15(23)7-5-14)22(30)27-10-8-16(27)11-24-21(29)17-3-2-9-28-18(17)12-25-32-28/h2-7,9,12,16,25H,8,10-11H2,1H3,(H,24,29). The third-order valence-electron chi connectivity index (χ3n) is 5.54. The number of nitrogens with one attached hydrogen (secondary N) is 2. The van der Waals surface area contributed by atoms with Gasteiger partial charge in [-0.15, -0.1) is 11.3 Å². The van der Waals surface area contributed by atoms with Crippen LogP contribution in [0.1, 0.15) is 21.9 Å². The van der Waals surface area contributed by atoms with Gasteiger partial charge in [-0.25, -0.2) is 9.37 Å². The average Bonchev–Trinajstić information content (AvgIpc) is 3.40. The number of hydrogen-bond acceptors (Lipinski definition) is 7. The Hall–Kier alpha value is -3.11. The zero-order valence-corrected chi connectivity index (χ0v) is 18.8. The topological polar surface area (TPSA) is 77.6 Å². The van der Waals surface area contributed by atoms with Crippen LogP contribution in [0.25, 0.3) is 10.4 Å². The summed E-state index contributed by atoms with van der Waals surface area (Å²) in [5.41, 5.74) is 2.53. The van der Waals surface area contributed by atoms with E-state index < -0.39 is 0 Å². The first-order valence-corrected chi connectivity index (χ1v) is 11.7. The van der Waals surface area contributed by atoms with Crippen LogP contribution in [0.2, 0.25) is 0 Å². The summed E-state index contributed by atoms with van der Waals surface area (Å²) in [6.45, 7) is 2.83. The summed E-state index contributed by atoms with van der Waals surface area (Å²) >= 11 is 2.81. The van der Waals surface area contributed by atoms with E-state index >= 15 is 0 Å². The fraction of sp³-hybridized carbons (Fsp3) is 0.227. The van der Waals surface area contributed by atoms with Crippen molar-refractivity contribution in [3.05, 3.63) is 76.6 Å². The van der Waals surface area contributed by atoms with Gasteiger partial charge in [-0.05, 0) is 43.2 Å². The molecular formula is C22H20FN5O2S2. The Bertz CT molecular complexity index is 1170. The molecule has 0 aliphatic carbocycles. The lowest BCUT2D eigenvalue weighted by atomic mass is 10.0. The monoisotopic (exact) mass is 469 g/mol. The summed E-state index contributed by atoms with van der Waals surface area (Å²) in [5, 5.41) is 3.74. The van der Waals surface area contributed by atoms with E-state index in [9.17, 15) is 14.0 Å². The molecule has 10 heteroatoms. The molecule has 2 N–H and O–H groups in total. The van der Waals surface area contributed by atoms with Gasteiger partial charge in [0, 0.05) is 25.5 Å². The quantitative estimate of drug-likeness (QED) is 0.654. The van der Waals surface area contributed by atoms with Crippen molar-refractivity contribution in [2.75, 3.05) is 13.1 Å². The smallest absolute Gasteiger partial charge is 0.274 e. The molecule has 0 saturated carbocycles. The molecule has 1 aromatic carbocycles. The number of fused-ring (bicyclic) bond motifs is 1. The van der Waals surface area contributed by atoms with Gasteiger partial charge in [0.05, 0.1) is 39.3 Å². The van der Waals surface area contributed by atoms with Crippen LogP contribution in [0.4, 0.5) is 4.39 Å². The number of nitrogens with zero attached hydrogens (tertiary/aromatic N) is 3. The summed E-state index contributed by atoms with van der Waals surface area (Å²) < 4.78 is 18.2. The minimum atomic E-state index is -0.323. The van der Waals surface area contributed by atoms with E-state index in [1.807, 2.05) is 23.5 Å². The Labute approximate surface area is 193 Å². The van der Waals surface area contributed by atoms with Crippen molar-refractivity contribution in [1.82, 2.24) is 24.2 Å². The highest BCUT2D eigenvalue weighted by atomic mass is 32.2. The Morgan fingerprint density at radius 1 is 1.31 bits per heavy atom. The van der Waals surface area contributed by atoms with Gasteiger partial charge in [0.2, 0.25) is 0 Å². The first kappa shape index (κ1) is 20.8. The maximum absolute atomic E-state index is 13.3. The van der Waals surface area contributed by atoms with Crippen molar-refractivity contribution in [2.45, 2.75) is 19.4 Å². The highest BCUT2D eigenvalue weighted by Gasteiger charge is 2.36. The largest absolute Gasteiger partial charge is 0.350 e. The molecule has 2 aromatic rings. The van der Waals surface area contributed by atoms with E-state index in [0.29, 0.717) is 24.4 Å². The minimum Gasteiger partial charge on any atom is -0.350 e. The zero-order valence-electron chi connectivity index (χ0n) is 17.2. The summed E-state index contributed by atoms with van der Waals surface area (Å²) in [4.78, 5) is 32.9. The number of halogens is 1. The number of aryl methyl sites for hydroxylation is 1. The van der Waals surface area contributed by atoms with Gasteiger partial charge >= 0.3 is 0 Å². The molecule has 1 fully saturated rings. The lowest BCUT2D eigenvalue weighted by molar-refractivity contribution is -0.117. The van der Waals surface area contributed by atoms with Crippen molar-refractivity contribution in [2.24, 2.45) is 0 Å². The SMILES string of the molecule is Cc1nc(C(=O)N2CCC2CNC(=O)C2=CC=CN3SNC=C23)c(-c2ccc(F)cc2)s1. The van der Waals surface area contributed by atoms with Crippen LogP contribution in [0.5, 0.6) is 0 Å². The van der Waals surface area contributed by atoms with Crippen molar-refractivity contribution in [3.63, 3.8) is 0 Å². The molecule has 7 nitrogen and oxygen atoms in total. The molecule has 3 aliphatic heterocycles. The molecule has 1 unspecified atom stereocenters. The Morgan fingerprint density at radius 2 is 2.12 bits per heavy atom. The second kappa shape index (κ2) is 8.44. The fourth-order valence-electron chi connectivity index (χ4n) is 3.78. The molecule has 3 aliphatic rings. The number of rotatable bonds is 5. The van der Waals surface area contributed by atoms with Crippen molar-refractivity contribution in [3.8, 4) is 10.4 Å². The van der Waals surface area contributed by atoms with Gasteiger partial charge in [-0.2, -0.15) is 0 Å². The summed E-state index contributed by atoms with van der Waals surface area (Å²) in [6, 6.07) is 5.99. The highest BCUT2D eigenvalue weighted by molar-refractivity contribution is 7.95. The first-order valence-electron chi connectivity index (χ1n) is 10.1. The maximum atomic E-state index is 13.3. The number of benzene rings is 1. The molecule has 32 heavy (non-hydrogen) atoms. The number of carbonyl (C=O) groups is 2. The normalized spacial score (nSPS) is 19.0. The maximum Gasteiger partial charge on any atom is 0.274 e. The molecule has 164 valence electrons. The van der Waals surface area contributed by atoms with Gasteiger partial charge in [0.15, 0.2) is 0 Å². The molecular weight excluding hydrogens is 449 g/mol. The number of allylic oxidation sites excluding steroid dienone is 2. The Kier molecular flexibility index (Phi) is 5.48.